The van der Waals surface area contributed by atoms with Crippen molar-refractivity contribution < 1.29 is 4.74 Å². The lowest BCUT2D eigenvalue weighted by molar-refractivity contribution is 0.388. The van der Waals surface area contributed by atoms with E-state index in [4.69, 9.17) is 21.6 Å². The molecule has 1 aromatic heterocycles. The summed E-state index contributed by atoms with van der Waals surface area (Å²) >= 11 is 0. The first-order chi connectivity index (χ1) is 14.9. The lowest BCUT2D eigenvalue weighted by Gasteiger charge is -2.28. The summed E-state index contributed by atoms with van der Waals surface area (Å²) < 4.78 is 4.84. The Morgan fingerprint density at radius 2 is 1.97 bits per heavy atom. The van der Waals surface area contributed by atoms with E-state index >= 15 is 0 Å². The summed E-state index contributed by atoms with van der Waals surface area (Å²) in [5.74, 6) is 4.11. The fraction of sp³-hybridized carbons (Fsp3) is 0.440. The van der Waals surface area contributed by atoms with Crippen molar-refractivity contribution in [2.24, 2.45) is 5.41 Å². The molecule has 0 amide bonds. The Kier molecular flexibility index (Phi) is 10.5. The highest BCUT2D eigenvalue weighted by atomic mass is 31.0. The van der Waals surface area contributed by atoms with Gasteiger partial charge < -0.3 is 20.7 Å². The van der Waals surface area contributed by atoms with Crippen LogP contribution >= 0.6 is 9.24 Å². The van der Waals surface area contributed by atoms with Gasteiger partial charge in [-0.3, -0.25) is 5.41 Å². The molecule has 0 saturated carbocycles. The van der Waals surface area contributed by atoms with Gasteiger partial charge >= 0.3 is 0 Å². The van der Waals surface area contributed by atoms with Crippen LogP contribution in [0.25, 0.3) is 0 Å². The van der Waals surface area contributed by atoms with Gasteiger partial charge in [0.05, 0.1) is 12.7 Å². The average Bonchev–Trinajstić information content (AvgIpc) is 2.68. The summed E-state index contributed by atoms with van der Waals surface area (Å²) in [4.78, 5) is 4.71. The van der Waals surface area contributed by atoms with Crippen LogP contribution in [0, 0.1) is 23.2 Å². The number of ether oxygens (including phenoxy) is 1. The van der Waals surface area contributed by atoms with Crippen LogP contribution < -0.4 is 21.3 Å². The van der Waals surface area contributed by atoms with Gasteiger partial charge in [-0.15, -0.1) is 15.7 Å². The summed E-state index contributed by atoms with van der Waals surface area (Å²) in [6, 6.07) is 2.13. The molecule has 174 valence electrons. The summed E-state index contributed by atoms with van der Waals surface area (Å²) in [5, 5.41) is 18.5. The topological polar surface area (TPSA) is 82.1 Å². The molecule has 0 radical (unpaired) electrons. The minimum Gasteiger partial charge on any atom is -0.484 e. The number of pyridine rings is 1. The molecule has 1 heterocycles. The number of nitrogens with one attached hydrogen (secondary N) is 4. The smallest absolute Gasteiger partial charge is 0.183 e. The van der Waals surface area contributed by atoms with Crippen LogP contribution in [0.2, 0.25) is 0 Å². The first kappa shape index (κ1) is 27.3. The maximum Gasteiger partial charge on any atom is 0.183 e. The third-order valence-electron chi connectivity index (χ3n) is 4.65. The fourth-order valence-corrected chi connectivity index (χ4v) is 3.23. The van der Waals surface area contributed by atoms with Crippen molar-refractivity contribution in [1.82, 2.24) is 10.3 Å². The summed E-state index contributed by atoms with van der Waals surface area (Å²) in [7, 11) is 4.16. The number of terminal acetylenes is 1. The molecule has 32 heavy (non-hydrogen) atoms. The van der Waals surface area contributed by atoms with Crippen LogP contribution in [-0.4, -0.2) is 30.1 Å². The van der Waals surface area contributed by atoms with Gasteiger partial charge in [-0.25, -0.2) is 4.98 Å². The molecule has 1 rings (SSSR count). The largest absolute Gasteiger partial charge is 0.484 e. The van der Waals surface area contributed by atoms with Crippen LogP contribution in [0.1, 0.15) is 53.0 Å². The van der Waals surface area contributed by atoms with Crippen LogP contribution in [0.3, 0.4) is 0 Å². The van der Waals surface area contributed by atoms with Crippen molar-refractivity contribution in [3.63, 3.8) is 0 Å². The van der Waals surface area contributed by atoms with Gasteiger partial charge in [0.25, 0.3) is 0 Å². The van der Waals surface area contributed by atoms with Crippen molar-refractivity contribution in [2.75, 3.05) is 17.7 Å². The molecule has 0 aliphatic carbocycles. The lowest BCUT2D eigenvalue weighted by Crippen LogP contribution is -2.40. The number of nitrogens with zero attached hydrogens (tertiary/aromatic N) is 1. The Labute approximate surface area is 196 Å². The highest BCUT2D eigenvalue weighted by Gasteiger charge is 2.18. The van der Waals surface area contributed by atoms with Gasteiger partial charge in [0, 0.05) is 35.2 Å². The maximum absolute atomic E-state index is 7.52. The van der Waals surface area contributed by atoms with E-state index in [0.717, 1.165) is 23.2 Å². The monoisotopic (exact) mass is 455 g/mol. The Balaban J connectivity index is 2.91. The third-order valence-corrected chi connectivity index (χ3v) is 5.09. The predicted octanol–water partition coefficient (Wildman–Crippen LogP) is 4.79. The van der Waals surface area contributed by atoms with Crippen molar-refractivity contribution >= 4 is 32.1 Å². The van der Waals surface area contributed by atoms with Crippen LogP contribution in [0.4, 0.5) is 11.6 Å². The van der Waals surface area contributed by atoms with E-state index in [1.165, 1.54) is 7.11 Å². The van der Waals surface area contributed by atoms with Crippen LogP contribution in [0.15, 0.2) is 42.8 Å². The lowest BCUT2D eigenvalue weighted by atomic mass is 9.90. The Bertz CT molecular complexity index is 908. The molecule has 0 fully saturated rings. The number of allylic oxidation sites excluding steroid dienone is 2. The molecule has 1 aromatic rings. The Morgan fingerprint density at radius 3 is 2.53 bits per heavy atom. The van der Waals surface area contributed by atoms with E-state index < -0.39 is 0 Å². The molecule has 6 nitrogen and oxygen atoms in total. The minimum atomic E-state index is 0.0891. The van der Waals surface area contributed by atoms with Crippen LogP contribution in [0.5, 0.6) is 0 Å². The summed E-state index contributed by atoms with van der Waals surface area (Å²) in [5.41, 5.74) is 2.45. The van der Waals surface area contributed by atoms with E-state index in [1.807, 2.05) is 6.07 Å². The Hall–Kier alpha value is -2.77. The minimum absolute atomic E-state index is 0.0891. The molecule has 7 heteroatoms. The molecule has 0 aliphatic rings. The predicted molar refractivity (Wildman–Crippen MR) is 142 cm³/mol. The number of hydrogen-bond donors (Lipinski definition) is 4. The quantitative estimate of drug-likeness (QED) is 0.127. The van der Waals surface area contributed by atoms with E-state index in [9.17, 15) is 0 Å². The highest BCUT2D eigenvalue weighted by Crippen LogP contribution is 2.23. The van der Waals surface area contributed by atoms with Gasteiger partial charge in [-0.05, 0) is 37.8 Å². The van der Waals surface area contributed by atoms with Gasteiger partial charge in [-0.2, -0.15) is 0 Å². The maximum atomic E-state index is 7.52. The first-order valence-electron chi connectivity index (χ1n) is 10.6. The zero-order valence-corrected chi connectivity index (χ0v) is 21.4. The molecule has 0 aromatic carbocycles. The van der Waals surface area contributed by atoms with Crippen molar-refractivity contribution in [3.05, 3.63) is 48.3 Å². The van der Waals surface area contributed by atoms with E-state index in [1.54, 1.807) is 12.2 Å². The molecule has 0 bridgehead atoms. The second kappa shape index (κ2) is 12.3. The molecule has 0 saturated heterocycles. The first-order valence-corrected chi connectivity index (χ1v) is 11.2. The summed E-state index contributed by atoms with van der Waals surface area (Å²) in [6.07, 6.45) is 10.5. The fourth-order valence-electron chi connectivity index (χ4n) is 2.91. The Morgan fingerprint density at radius 1 is 1.31 bits per heavy atom. The zero-order chi connectivity index (χ0) is 24.5. The molecule has 0 spiro atoms. The molecule has 3 unspecified atom stereocenters. The van der Waals surface area contributed by atoms with Gasteiger partial charge in [0.15, 0.2) is 5.90 Å². The highest BCUT2D eigenvalue weighted by molar-refractivity contribution is 7.28. The third kappa shape index (κ3) is 9.58. The molecule has 4 N–H and O–H groups in total. The number of rotatable bonds is 11. The van der Waals surface area contributed by atoms with Crippen LogP contribution in [-0.2, 0) is 4.74 Å². The van der Waals surface area contributed by atoms with Crippen molar-refractivity contribution in [3.8, 4) is 12.3 Å². The summed E-state index contributed by atoms with van der Waals surface area (Å²) in [6.45, 7) is 19.0. The number of aromatic nitrogens is 1. The zero-order valence-electron chi connectivity index (χ0n) is 20.2. The van der Waals surface area contributed by atoms with Gasteiger partial charge in [0.2, 0.25) is 0 Å². The normalized spacial score (nSPS) is 13.1. The van der Waals surface area contributed by atoms with E-state index in [-0.39, 0.29) is 23.4 Å². The average molecular weight is 456 g/mol. The molecular weight excluding hydrogens is 417 g/mol. The van der Waals surface area contributed by atoms with E-state index in [0.29, 0.717) is 23.5 Å². The van der Waals surface area contributed by atoms with Crippen molar-refractivity contribution in [1.29, 1.82) is 5.41 Å². The number of methoxy groups -OCH3 is 1. The van der Waals surface area contributed by atoms with Crippen molar-refractivity contribution in [2.45, 2.75) is 59.5 Å². The van der Waals surface area contributed by atoms with E-state index in [2.05, 4.69) is 78.9 Å². The number of anilines is 2. The molecule has 0 aliphatic heterocycles. The second-order valence-corrected chi connectivity index (χ2v) is 9.68. The molecular formula is C25H38N5OP. The molecule has 3 atom stereocenters. The van der Waals surface area contributed by atoms with Gasteiger partial charge in [-0.1, -0.05) is 45.9 Å². The van der Waals surface area contributed by atoms with Gasteiger partial charge in [0.1, 0.15) is 11.6 Å². The second-order valence-electron chi connectivity index (χ2n) is 9.06. The standard InChI is InChI=1S/C25H38N5OP/c1-10-20-14-21(32)24(29-19(5)18(4)27-17(3)15-25(6,7)8)30-23(20)28-16(2)12-11-13-22(26)31-9/h1,11-12,14,18-19,26-27H,2-3,13,15,32H2,4-9H3,(H2,28,29,30)/b12-11-,26-22?. The number of hydrogen-bond acceptors (Lipinski definition) is 6. The SMILES string of the molecule is C#Cc1cc(P)c(NC(C)C(C)NC(=C)CC(C)(C)C)nc1NC(=C)/C=C\CC(=N)OC.